The molecule has 3 rings (SSSR count). The Kier molecular flexibility index (Phi) is 5.87. The maximum absolute atomic E-state index is 13.5. The average molecular weight is 451 g/mol. The molecule has 1 aromatic carbocycles. The van der Waals surface area contributed by atoms with Crippen molar-refractivity contribution in [2.45, 2.75) is 36.9 Å². The lowest BCUT2D eigenvalue weighted by Crippen LogP contribution is -2.56. The van der Waals surface area contributed by atoms with Crippen molar-refractivity contribution in [2.75, 3.05) is 6.54 Å². The number of carbonyl (C=O) groups excluding carboxylic acids is 1. The van der Waals surface area contributed by atoms with E-state index < -0.39 is 36.5 Å². The van der Waals surface area contributed by atoms with E-state index in [2.05, 4.69) is 10.3 Å². The molecule has 1 heterocycles. The van der Waals surface area contributed by atoms with Crippen LogP contribution in [0.1, 0.15) is 33.9 Å². The Balaban J connectivity index is 1.67. The molecule has 2 aromatic rings. The number of pyridine rings is 1. The Morgan fingerprint density at radius 1 is 1.13 bits per heavy atom. The van der Waals surface area contributed by atoms with Crippen LogP contribution < -0.4 is 15.8 Å². The zero-order valence-electron chi connectivity index (χ0n) is 15.6. The number of aromatic nitrogens is 1. The van der Waals surface area contributed by atoms with Gasteiger partial charge in [0.15, 0.2) is 0 Å². The van der Waals surface area contributed by atoms with Crippen LogP contribution in [0.25, 0.3) is 0 Å². The number of halogens is 7. The number of aryl methyl sites for hydroxylation is 1. The minimum Gasteiger partial charge on any atom is -0.439 e. The van der Waals surface area contributed by atoms with Crippen molar-refractivity contribution in [3.8, 4) is 11.6 Å². The molecular formula is C19H16F7N3O2. The van der Waals surface area contributed by atoms with Gasteiger partial charge in [-0.15, -0.1) is 0 Å². The molecule has 0 radical (unpaired) electrons. The van der Waals surface area contributed by atoms with Crippen LogP contribution in [0.15, 0.2) is 36.5 Å². The first kappa shape index (κ1) is 22.8. The summed E-state index contributed by atoms with van der Waals surface area (Å²) in [7, 11) is 0. The third-order valence-electron chi connectivity index (χ3n) is 4.82. The second-order valence-corrected chi connectivity index (χ2v) is 6.96. The summed E-state index contributed by atoms with van der Waals surface area (Å²) in [5, 5.41) is 2.12. The summed E-state index contributed by atoms with van der Waals surface area (Å²) in [4.78, 5) is 15.0. The van der Waals surface area contributed by atoms with Gasteiger partial charge in [-0.25, -0.2) is 4.98 Å². The predicted octanol–water partition coefficient (Wildman–Crippen LogP) is 4.38. The first-order valence-electron chi connectivity index (χ1n) is 8.94. The van der Waals surface area contributed by atoms with Gasteiger partial charge in [0.05, 0.1) is 12.1 Å². The number of nitrogens with zero attached hydrogens (tertiary/aromatic N) is 1. The Morgan fingerprint density at radius 2 is 1.84 bits per heavy atom. The molecule has 0 saturated carbocycles. The van der Waals surface area contributed by atoms with Crippen molar-refractivity contribution < 1.29 is 40.3 Å². The minimum absolute atomic E-state index is 0.159. The summed E-state index contributed by atoms with van der Waals surface area (Å²) in [5.74, 6) is -11.6. The summed E-state index contributed by atoms with van der Waals surface area (Å²) in [5.41, 5.74) is 6.46. The number of amides is 1. The van der Waals surface area contributed by atoms with E-state index in [1.165, 1.54) is 30.5 Å². The number of nitrogens with one attached hydrogen (secondary N) is 1. The monoisotopic (exact) mass is 451 g/mol. The van der Waals surface area contributed by atoms with Crippen molar-refractivity contribution in [1.82, 2.24) is 10.3 Å². The second-order valence-electron chi connectivity index (χ2n) is 6.96. The molecule has 0 aliphatic heterocycles. The Bertz CT molecular complexity index is 962. The zero-order chi connectivity index (χ0) is 23.0. The summed E-state index contributed by atoms with van der Waals surface area (Å²) in [6.07, 6.45) is -4.53. The van der Waals surface area contributed by atoms with Gasteiger partial charge in [0.2, 0.25) is 11.8 Å². The van der Waals surface area contributed by atoms with Gasteiger partial charge in [-0.3, -0.25) is 4.79 Å². The van der Waals surface area contributed by atoms with E-state index in [0.717, 1.165) is 0 Å². The van der Waals surface area contributed by atoms with Crippen molar-refractivity contribution in [3.05, 3.63) is 53.2 Å². The van der Waals surface area contributed by atoms with Gasteiger partial charge < -0.3 is 15.8 Å². The molecule has 1 unspecified atom stereocenters. The van der Waals surface area contributed by atoms with Crippen LogP contribution in [0.3, 0.4) is 0 Å². The second kappa shape index (κ2) is 7.98. The van der Waals surface area contributed by atoms with Crippen LogP contribution in [0, 0.1) is 0 Å². The van der Waals surface area contributed by atoms with Gasteiger partial charge in [0.25, 0.3) is 0 Å². The smallest absolute Gasteiger partial charge is 0.439 e. The normalized spacial score (nSPS) is 16.8. The number of alkyl halides is 7. The summed E-state index contributed by atoms with van der Waals surface area (Å²) >= 11 is 0. The highest BCUT2D eigenvalue weighted by molar-refractivity contribution is 5.92. The van der Waals surface area contributed by atoms with Crippen LogP contribution >= 0.6 is 0 Å². The van der Waals surface area contributed by atoms with Gasteiger partial charge in [-0.1, -0.05) is 6.07 Å². The number of primary amides is 1. The van der Waals surface area contributed by atoms with Gasteiger partial charge in [-0.05, 0) is 42.2 Å². The summed E-state index contributed by atoms with van der Waals surface area (Å²) < 4.78 is 95.4. The molecule has 3 N–H and O–H groups in total. The quantitative estimate of drug-likeness (QED) is 0.613. The van der Waals surface area contributed by atoms with Crippen LogP contribution in [-0.2, 0) is 6.42 Å². The average Bonchev–Trinajstić information content (AvgIpc) is 3.08. The van der Waals surface area contributed by atoms with E-state index in [-0.39, 0.29) is 17.9 Å². The largest absolute Gasteiger partial charge is 0.459 e. The lowest BCUT2D eigenvalue weighted by molar-refractivity contribution is -0.352. The van der Waals surface area contributed by atoms with Gasteiger partial charge in [0.1, 0.15) is 5.75 Å². The maximum Gasteiger partial charge on any atom is 0.459 e. The maximum atomic E-state index is 13.5. The number of ether oxygens (including phenoxy) is 1. The molecule has 1 aromatic heterocycles. The molecule has 0 spiro atoms. The molecular weight excluding hydrogens is 435 g/mol. The van der Waals surface area contributed by atoms with Crippen LogP contribution in [0.4, 0.5) is 30.7 Å². The SMILES string of the molecule is NC(=O)c1ccc(Oc2ccc3c(c2)CCC3NCC(F)(F)C(F)(F)C(F)(F)F)nc1. The molecule has 0 fully saturated rings. The number of nitrogens with two attached hydrogens (primary N) is 1. The molecule has 0 bridgehead atoms. The van der Waals surface area contributed by atoms with Crippen molar-refractivity contribution in [3.63, 3.8) is 0 Å². The Labute approximate surface area is 171 Å². The molecule has 1 atom stereocenters. The summed E-state index contributed by atoms with van der Waals surface area (Å²) in [6.45, 7) is -1.84. The highest BCUT2D eigenvalue weighted by Gasteiger charge is 2.72. The number of hydrogen-bond acceptors (Lipinski definition) is 4. The van der Waals surface area contributed by atoms with E-state index >= 15 is 0 Å². The van der Waals surface area contributed by atoms with Crippen LogP contribution in [-0.4, -0.2) is 35.5 Å². The fourth-order valence-electron chi connectivity index (χ4n) is 3.15. The number of benzene rings is 1. The Morgan fingerprint density at radius 3 is 2.42 bits per heavy atom. The first-order chi connectivity index (χ1) is 14.3. The number of carbonyl (C=O) groups is 1. The van der Waals surface area contributed by atoms with Gasteiger partial charge >= 0.3 is 18.0 Å². The van der Waals surface area contributed by atoms with Crippen molar-refractivity contribution in [1.29, 1.82) is 0 Å². The third-order valence-corrected chi connectivity index (χ3v) is 4.82. The minimum atomic E-state index is -6.36. The van der Waals surface area contributed by atoms with Gasteiger partial charge in [-0.2, -0.15) is 30.7 Å². The highest BCUT2D eigenvalue weighted by Crippen LogP contribution is 2.46. The van der Waals surface area contributed by atoms with E-state index in [1.807, 2.05) is 0 Å². The van der Waals surface area contributed by atoms with Crippen LogP contribution in [0.5, 0.6) is 11.6 Å². The molecule has 0 saturated heterocycles. The standard InChI is InChI=1S/C19H16F7N3O2/c20-17(21,18(22,23)19(24,25)26)9-29-14-5-1-10-7-12(3-4-13(10)14)31-15-6-2-11(8-28-15)16(27)30/h2-4,6-8,14,29H,1,5,9H2,(H2,27,30). The zero-order valence-corrected chi connectivity index (χ0v) is 15.6. The fraction of sp³-hybridized carbons (Fsp3) is 0.368. The lowest BCUT2D eigenvalue weighted by atomic mass is 10.1. The predicted molar refractivity (Wildman–Crippen MR) is 94.3 cm³/mol. The lowest BCUT2D eigenvalue weighted by Gasteiger charge is -2.29. The van der Waals surface area contributed by atoms with E-state index in [9.17, 15) is 35.5 Å². The topological polar surface area (TPSA) is 77.2 Å². The molecule has 5 nitrogen and oxygen atoms in total. The fourth-order valence-corrected chi connectivity index (χ4v) is 3.15. The number of hydrogen-bond donors (Lipinski definition) is 2. The van der Waals surface area contributed by atoms with E-state index in [0.29, 0.717) is 23.3 Å². The molecule has 1 amide bonds. The third kappa shape index (κ3) is 4.58. The first-order valence-corrected chi connectivity index (χ1v) is 8.94. The molecule has 12 heteroatoms. The number of fused-ring (bicyclic) bond motifs is 1. The van der Waals surface area contributed by atoms with E-state index in [1.54, 1.807) is 6.07 Å². The van der Waals surface area contributed by atoms with E-state index in [4.69, 9.17) is 10.5 Å². The molecule has 1 aliphatic rings. The van der Waals surface area contributed by atoms with Crippen molar-refractivity contribution in [2.24, 2.45) is 5.73 Å². The number of rotatable bonds is 7. The van der Waals surface area contributed by atoms with Gasteiger partial charge in [0, 0.05) is 18.3 Å². The highest BCUT2D eigenvalue weighted by atomic mass is 19.4. The van der Waals surface area contributed by atoms with Crippen molar-refractivity contribution >= 4 is 5.91 Å². The Hall–Kier alpha value is -2.89. The molecule has 31 heavy (non-hydrogen) atoms. The van der Waals surface area contributed by atoms with Crippen LogP contribution in [0.2, 0.25) is 0 Å². The molecule has 168 valence electrons. The summed E-state index contributed by atoms with van der Waals surface area (Å²) in [6, 6.07) is 6.59. The molecule has 1 aliphatic carbocycles.